The molecule has 1 rings (SSSR count). The van der Waals surface area contributed by atoms with Crippen LogP contribution in [0.4, 0.5) is 0 Å². The fourth-order valence-corrected chi connectivity index (χ4v) is 3.00. The number of aliphatic hydroxyl groups excluding tert-OH is 1. The maximum Gasteiger partial charge on any atom is 0.0779 e. The monoisotopic (exact) mass is 235 g/mol. The van der Waals surface area contributed by atoms with Gasteiger partial charge >= 0.3 is 0 Å². The molecule has 5 heteroatoms. The van der Waals surface area contributed by atoms with Crippen molar-refractivity contribution >= 4 is 10.8 Å². The van der Waals surface area contributed by atoms with Crippen LogP contribution < -0.4 is 5.32 Å². The molecule has 0 bridgehead atoms. The Kier molecular flexibility index (Phi) is 6.40. The number of hydrogen-bond donors (Lipinski definition) is 2. The van der Waals surface area contributed by atoms with E-state index in [9.17, 15) is 9.32 Å². The van der Waals surface area contributed by atoms with Crippen LogP contribution in [-0.4, -0.2) is 52.7 Å². The average molecular weight is 235 g/mol. The molecule has 1 aliphatic heterocycles. The van der Waals surface area contributed by atoms with Gasteiger partial charge in [0.05, 0.1) is 18.0 Å². The molecule has 0 saturated carbocycles. The van der Waals surface area contributed by atoms with Gasteiger partial charge in [0.15, 0.2) is 0 Å². The second-order valence-electron chi connectivity index (χ2n) is 3.87. The molecule has 2 N–H and O–H groups in total. The van der Waals surface area contributed by atoms with Gasteiger partial charge in [-0.1, -0.05) is 6.92 Å². The van der Waals surface area contributed by atoms with E-state index < -0.39 is 16.9 Å². The molecular formula is C10H21NO3S. The second-order valence-corrected chi connectivity index (χ2v) is 5.42. The van der Waals surface area contributed by atoms with Crippen molar-refractivity contribution in [2.75, 3.05) is 31.2 Å². The Labute approximate surface area is 93.8 Å². The Bertz CT molecular complexity index is 195. The molecule has 0 aliphatic carbocycles. The fraction of sp³-hybridized carbons (Fsp3) is 1.00. The molecule has 0 aromatic rings. The zero-order valence-electron chi connectivity index (χ0n) is 9.28. The molecular weight excluding hydrogens is 214 g/mol. The van der Waals surface area contributed by atoms with E-state index in [2.05, 4.69) is 5.32 Å². The van der Waals surface area contributed by atoms with E-state index in [0.717, 1.165) is 26.0 Å². The summed E-state index contributed by atoms with van der Waals surface area (Å²) in [5.41, 5.74) is 0. The molecule has 90 valence electrons. The smallest absolute Gasteiger partial charge is 0.0779 e. The van der Waals surface area contributed by atoms with Crippen LogP contribution in [0, 0.1) is 0 Å². The van der Waals surface area contributed by atoms with Crippen molar-refractivity contribution in [2.45, 2.75) is 32.0 Å². The highest BCUT2D eigenvalue weighted by molar-refractivity contribution is 7.85. The minimum absolute atomic E-state index is 0.150. The topological polar surface area (TPSA) is 58.6 Å². The number of rotatable bonds is 7. The lowest BCUT2D eigenvalue weighted by Gasteiger charge is -2.12. The summed E-state index contributed by atoms with van der Waals surface area (Å²) < 4.78 is 17.0. The van der Waals surface area contributed by atoms with Crippen LogP contribution >= 0.6 is 0 Å². The molecule has 3 atom stereocenters. The SMILES string of the molecule is CCNCC(O)CS(=O)CC1CCCO1. The van der Waals surface area contributed by atoms with Gasteiger partial charge in [-0.2, -0.15) is 0 Å². The summed E-state index contributed by atoms with van der Waals surface area (Å²) >= 11 is 0. The van der Waals surface area contributed by atoms with Crippen LogP contribution in [0.5, 0.6) is 0 Å². The third kappa shape index (κ3) is 5.61. The van der Waals surface area contributed by atoms with Gasteiger partial charge in [-0.15, -0.1) is 0 Å². The predicted octanol–water partition coefficient (Wildman–Crippen LogP) is -0.115. The maximum absolute atomic E-state index is 11.6. The van der Waals surface area contributed by atoms with E-state index in [-0.39, 0.29) is 6.10 Å². The largest absolute Gasteiger partial charge is 0.391 e. The van der Waals surface area contributed by atoms with E-state index in [4.69, 9.17) is 4.74 Å². The van der Waals surface area contributed by atoms with Crippen LogP contribution in [0.1, 0.15) is 19.8 Å². The Morgan fingerprint density at radius 1 is 1.67 bits per heavy atom. The first-order chi connectivity index (χ1) is 7.22. The number of ether oxygens (including phenoxy) is 1. The molecule has 1 heterocycles. The first kappa shape index (κ1) is 13.1. The lowest BCUT2D eigenvalue weighted by atomic mass is 10.3. The van der Waals surface area contributed by atoms with Crippen molar-refractivity contribution in [2.24, 2.45) is 0 Å². The lowest BCUT2D eigenvalue weighted by Crippen LogP contribution is -2.32. The summed E-state index contributed by atoms with van der Waals surface area (Å²) in [5.74, 6) is 0.927. The van der Waals surface area contributed by atoms with Gasteiger partial charge in [0.25, 0.3) is 0 Å². The van der Waals surface area contributed by atoms with Gasteiger partial charge in [-0.25, -0.2) is 0 Å². The summed E-state index contributed by atoms with van der Waals surface area (Å²) in [5, 5.41) is 12.6. The Hall–Kier alpha value is 0.0300. The number of nitrogens with one attached hydrogen (secondary N) is 1. The van der Waals surface area contributed by atoms with Crippen molar-refractivity contribution in [3.63, 3.8) is 0 Å². The summed E-state index contributed by atoms with van der Waals surface area (Å²) in [6.45, 7) is 4.13. The lowest BCUT2D eigenvalue weighted by molar-refractivity contribution is 0.128. The highest BCUT2D eigenvalue weighted by atomic mass is 32.2. The zero-order chi connectivity index (χ0) is 11.1. The van der Waals surface area contributed by atoms with Crippen molar-refractivity contribution in [3.05, 3.63) is 0 Å². The van der Waals surface area contributed by atoms with Crippen molar-refractivity contribution in [1.29, 1.82) is 0 Å². The maximum atomic E-state index is 11.6. The van der Waals surface area contributed by atoms with E-state index in [1.165, 1.54) is 0 Å². The number of likely N-dealkylation sites (N-methyl/N-ethyl adjacent to an activating group) is 1. The van der Waals surface area contributed by atoms with Crippen LogP contribution in [0.2, 0.25) is 0 Å². The normalized spacial score (nSPS) is 25.3. The first-order valence-corrected chi connectivity index (χ1v) is 7.06. The summed E-state index contributed by atoms with van der Waals surface area (Å²) in [6, 6.07) is 0. The van der Waals surface area contributed by atoms with E-state index >= 15 is 0 Å². The van der Waals surface area contributed by atoms with Gasteiger partial charge in [-0.3, -0.25) is 4.21 Å². The number of hydrogen-bond acceptors (Lipinski definition) is 4. The zero-order valence-corrected chi connectivity index (χ0v) is 10.1. The first-order valence-electron chi connectivity index (χ1n) is 5.57. The molecule has 1 aliphatic rings. The molecule has 0 aromatic carbocycles. The third-order valence-electron chi connectivity index (χ3n) is 2.40. The van der Waals surface area contributed by atoms with Crippen molar-refractivity contribution in [3.8, 4) is 0 Å². The van der Waals surface area contributed by atoms with Crippen LogP contribution in [0.25, 0.3) is 0 Å². The predicted molar refractivity (Wildman–Crippen MR) is 61.4 cm³/mol. The average Bonchev–Trinajstić information content (AvgIpc) is 2.67. The third-order valence-corrected chi connectivity index (χ3v) is 3.90. The van der Waals surface area contributed by atoms with Gasteiger partial charge < -0.3 is 15.2 Å². The highest BCUT2D eigenvalue weighted by Gasteiger charge is 2.19. The van der Waals surface area contributed by atoms with Gasteiger partial charge in [0.1, 0.15) is 0 Å². The van der Waals surface area contributed by atoms with E-state index in [1.54, 1.807) is 0 Å². The van der Waals surface area contributed by atoms with Crippen LogP contribution in [-0.2, 0) is 15.5 Å². The van der Waals surface area contributed by atoms with Gasteiger partial charge in [-0.05, 0) is 19.4 Å². The molecule has 4 nitrogen and oxygen atoms in total. The van der Waals surface area contributed by atoms with Crippen LogP contribution in [0.15, 0.2) is 0 Å². The summed E-state index contributed by atoms with van der Waals surface area (Å²) in [7, 11) is -0.958. The van der Waals surface area contributed by atoms with Gasteiger partial charge in [0, 0.05) is 29.7 Å². The second kappa shape index (κ2) is 7.33. The van der Waals surface area contributed by atoms with Gasteiger partial charge in [0.2, 0.25) is 0 Å². The highest BCUT2D eigenvalue weighted by Crippen LogP contribution is 2.13. The minimum Gasteiger partial charge on any atom is -0.391 e. The van der Waals surface area contributed by atoms with Crippen molar-refractivity contribution in [1.82, 2.24) is 5.32 Å². The summed E-state index contributed by atoms with van der Waals surface area (Å²) in [6.07, 6.45) is 1.72. The molecule has 15 heavy (non-hydrogen) atoms. The summed E-state index contributed by atoms with van der Waals surface area (Å²) in [4.78, 5) is 0. The molecule has 0 radical (unpaired) electrons. The molecule has 1 fully saturated rings. The molecule has 0 amide bonds. The Balaban J connectivity index is 2.11. The molecule has 3 unspecified atom stereocenters. The van der Waals surface area contributed by atoms with E-state index in [1.807, 2.05) is 6.92 Å². The molecule has 1 saturated heterocycles. The quantitative estimate of drug-likeness (QED) is 0.646. The Morgan fingerprint density at radius 3 is 3.07 bits per heavy atom. The minimum atomic E-state index is -0.958. The molecule has 0 spiro atoms. The van der Waals surface area contributed by atoms with Crippen LogP contribution in [0.3, 0.4) is 0 Å². The fourth-order valence-electron chi connectivity index (χ4n) is 1.64. The van der Waals surface area contributed by atoms with Crippen molar-refractivity contribution < 1.29 is 14.1 Å². The standard InChI is InChI=1S/C10H21NO3S/c1-2-11-6-9(12)7-15(13)8-10-4-3-5-14-10/h9-12H,2-8H2,1H3. The van der Waals surface area contributed by atoms with E-state index in [0.29, 0.717) is 18.1 Å². The molecule has 0 aromatic heterocycles. The number of aliphatic hydroxyl groups is 1. The Morgan fingerprint density at radius 2 is 2.47 bits per heavy atom.